The van der Waals surface area contributed by atoms with E-state index in [1.54, 1.807) is 17.8 Å². The second-order valence-electron chi connectivity index (χ2n) is 7.76. The summed E-state index contributed by atoms with van der Waals surface area (Å²) in [5.41, 5.74) is -0.134. The van der Waals surface area contributed by atoms with Gasteiger partial charge >= 0.3 is 6.18 Å². The quantitative estimate of drug-likeness (QED) is 0.294. The lowest BCUT2D eigenvalue weighted by molar-refractivity contribution is -0.137. The van der Waals surface area contributed by atoms with Crippen molar-refractivity contribution in [3.8, 4) is 0 Å². The number of nitrogens with zero attached hydrogens (tertiary/aromatic N) is 1. The number of carbonyl (C=O) groups excluding carboxylic acids is 1. The molecule has 0 radical (unpaired) electrons. The van der Waals surface area contributed by atoms with Crippen molar-refractivity contribution in [3.63, 3.8) is 0 Å². The van der Waals surface area contributed by atoms with E-state index >= 15 is 0 Å². The minimum Gasteiger partial charge on any atom is -0.354 e. The first-order valence-corrected chi connectivity index (χ1v) is 13.9. The van der Waals surface area contributed by atoms with Crippen LogP contribution in [0.2, 0.25) is 5.02 Å². The Bertz CT molecular complexity index is 1260. The molecule has 0 spiro atoms. The Labute approximate surface area is 217 Å². The predicted molar refractivity (Wildman–Crippen MR) is 138 cm³/mol. The molecule has 0 bridgehead atoms. The standard InChI is InChI=1S/C25H24ClF3N2O3S2/c26-21-12-10-19(11-13-21)18-35-15-5-14-30-24(32)17-31(36(33,34)23-8-2-1-3-9-23)22-7-4-6-20(16-22)25(27,28)29/h1-4,6-13,16H,5,14-15,17-18H2,(H,30,32). The van der Waals surface area contributed by atoms with Crippen molar-refractivity contribution < 1.29 is 26.4 Å². The van der Waals surface area contributed by atoms with Gasteiger partial charge in [0.05, 0.1) is 16.1 Å². The van der Waals surface area contributed by atoms with E-state index in [1.165, 1.54) is 30.3 Å². The zero-order valence-corrected chi connectivity index (χ0v) is 21.4. The average Bonchev–Trinajstić information content (AvgIpc) is 2.85. The Balaban J connectivity index is 1.64. The smallest absolute Gasteiger partial charge is 0.354 e. The summed E-state index contributed by atoms with van der Waals surface area (Å²) in [6, 6.07) is 18.7. The molecule has 192 valence electrons. The van der Waals surface area contributed by atoms with Crippen LogP contribution in [0.5, 0.6) is 0 Å². The molecule has 11 heteroatoms. The number of hydrogen-bond acceptors (Lipinski definition) is 4. The molecule has 0 saturated carbocycles. The number of anilines is 1. The van der Waals surface area contributed by atoms with Gasteiger partial charge in [-0.1, -0.05) is 48.0 Å². The Kier molecular flexibility index (Phi) is 9.69. The molecular weight excluding hydrogens is 533 g/mol. The van der Waals surface area contributed by atoms with Crippen molar-refractivity contribution in [1.29, 1.82) is 0 Å². The maximum atomic E-state index is 13.3. The second-order valence-corrected chi connectivity index (χ2v) is 11.2. The van der Waals surface area contributed by atoms with Crippen molar-refractivity contribution in [2.24, 2.45) is 0 Å². The summed E-state index contributed by atoms with van der Waals surface area (Å²) < 4.78 is 67.0. The first-order valence-electron chi connectivity index (χ1n) is 10.9. The molecule has 3 rings (SSSR count). The number of amides is 1. The molecule has 5 nitrogen and oxygen atoms in total. The SMILES string of the molecule is O=C(CN(c1cccc(C(F)(F)F)c1)S(=O)(=O)c1ccccc1)NCCCSCc1ccc(Cl)cc1. The number of nitrogens with one attached hydrogen (secondary N) is 1. The van der Waals surface area contributed by atoms with Crippen LogP contribution < -0.4 is 9.62 Å². The van der Waals surface area contributed by atoms with Gasteiger partial charge < -0.3 is 5.32 Å². The monoisotopic (exact) mass is 556 g/mol. The van der Waals surface area contributed by atoms with Crippen molar-refractivity contribution in [3.05, 3.63) is 95.0 Å². The highest BCUT2D eigenvalue weighted by Crippen LogP contribution is 2.33. The molecule has 1 N–H and O–H groups in total. The van der Waals surface area contributed by atoms with Crippen LogP contribution in [0, 0.1) is 0 Å². The zero-order chi connectivity index (χ0) is 26.2. The summed E-state index contributed by atoms with van der Waals surface area (Å²) in [6.45, 7) is -0.356. The number of rotatable bonds is 11. The van der Waals surface area contributed by atoms with Crippen LogP contribution in [0.25, 0.3) is 0 Å². The Morgan fingerprint density at radius 1 is 0.972 bits per heavy atom. The van der Waals surface area contributed by atoms with Gasteiger partial charge in [-0.15, -0.1) is 0 Å². The molecule has 0 atom stereocenters. The molecule has 0 aliphatic rings. The van der Waals surface area contributed by atoms with Crippen molar-refractivity contribution >= 4 is 45.0 Å². The fourth-order valence-corrected chi connectivity index (χ4v) is 5.71. The van der Waals surface area contributed by atoms with Crippen molar-refractivity contribution in [1.82, 2.24) is 5.32 Å². The predicted octanol–water partition coefficient (Wildman–Crippen LogP) is 5.99. The van der Waals surface area contributed by atoms with Gasteiger partial charge in [-0.3, -0.25) is 9.10 Å². The molecule has 0 heterocycles. The summed E-state index contributed by atoms with van der Waals surface area (Å²) >= 11 is 7.54. The number of hydrogen-bond donors (Lipinski definition) is 1. The average molecular weight is 557 g/mol. The maximum Gasteiger partial charge on any atom is 0.416 e. The van der Waals surface area contributed by atoms with Crippen LogP contribution in [0.4, 0.5) is 18.9 Å². The van der Waals surface area contributed by atoms with E-state index in [0.717, 1.165) is 35.3 Å². The van der Waals surface area contributed by atoms with Crippen LogP contribution in [0.1, 0.15) is 17.5 Å². The normalized spacial score (nSPS) is 11.8. The molecule has 36 heavy (non-hydrogen) atoms. The fraction of sp³-hybridized carbons (Fsp3) is 0.240. The van der Waals surface area contributed by atoms with Gasteiger partial charge in [-0.25, -0.2) is 8.42 Å². The first kappa shape index (κ1) is 27.9. The first-order chi connectivity index (χ1) is 17.1. The summed E-state index contributed by atoms with van der Waals surface area (Å²) in [6.07, 6.45) is -4.02. The van der Waals surface area contributed by atoms with Gasteiger partial charge in [0, 0.05) is 17.3 Å². The molecule has 1 amide bonds. The number of alkyl halides is 3. The van der Waals surface area contributed by atoms with E-state index < -0.39 is 34.2 Å². The zero-order valence-electron chi connectivity index (χ0n) is 19.0. The summed E-state index contributed by atoms with van der Waals surface area (Å²) in [4.78, 5) is 12.5. The number of sulfonamides is 1. The lowest BCUT2D eigenvalue weighted by Crippen LogP contribution is -2.41. The number of halogens is 4. The van der Waals surface area contributed by atoms with E-state index in [0.29, 0.717) is 22.3 Å². The Hall–Kier alpha value is -2.69. The summed E-state index contributed by atoms with van der Waals surface area (Å²) in [5, 5.41) is 3.33. The topological polar surface area (TPSA) is 66.5 Å². The highest BCUT2D eigenvalue weighted by Gasteiger charge is 2.33. The Morgan fingerprint density at radius 3 is 2.33 bits per heavy atom. The molecule has 0 unspecified atom stereocenters. The van der Waals surface area contributed by atoms with Gasteiger partial charge in [0.15, 0.2) is 0 Å². The minimum atomic E-state index is -4.66. The van der Waals surface area contributed by atoms with E-state index in [2.05, 4.69) is 5.32 Å². The third-order valence-electron chi connectivity index (χ3n) is 5.05. The molecule has 0 aromatic heterocycles. The fourth-order valence-electron chi connectivity index (χ4n) is 3.23. The highest BCUT2D eigenvalue weighted by atomic mass is 35.5. The molecule has 3 aromatic rings. The summed E-state index contributed by atoms with van der Waals surface area (Å²) in [5.74, 6) is 0.918. The van der Waals surface area contributed by atoms with Crippen LogP contribution in [0.15, 0.2) is 83.8 Å². The lowest BCUT2D eigenvalue weighted by atomic mass is 10.2. The van der Waals surface area contributed by atoms with E-state index in [9.17, 15) is 26.4 Å². The van der Waals surface area contributed by atoms with E-state index in [-0.39, 0.29) is 10.6 Å². The largest absolute Gasteiger partial charge is 0.416 e. The summed E-state index contributed by atoms with van der Waals surface area (Å²) in [7, 11) is -4.29. The van der Waals surface area contributed by atoms with E-state index in [1.807, 2.05) is 24.3 Å². The number of benzene rings is 3. The van der Waals surface area contributed by atoms with Crippen LogP contribution in [-0.2, 0) is 26.7 Å². The maximum absolute atomic E-state index is 13.3. The van der Waals surface area contributed by atoms with Crippen molar-refractivity contribution in [2.45, 2.75) is 23.2 Å². The molecule has 0 fully saturated rings. The van der Waals surface area contributed by atoms with Crippen LogP contribution in [0.3, 0.4) is 0 Å². The van der Waals surface area contributed by atoms with Gasteiger partial charge in [-0.2, -0.15) is 24.9 Å². The minimum absolute atomic E-state index is 0.131. The highest BCUT2D eigenvalue weighted by molar-refractivity contribution is 7.98. The third-order valence-corrected chi connectivity index (χ3v) is 8.20. The van der Waals surface area contributed by atoms with Gasteiger partial charge in [0.1, 0.15) is 6.54 Å². The molecule has 3 aromatic carbocycles. The van der Waals surface area contributed by atoms with Gasteiger partial charge in [0.25, 0.3) is 10.0 Å². The Morgan fingerprint density at radius 2 is 1.67 bits per heavy atom. The van der Waals surface area contributed by atoms with E-state index in [4.69, 9.17) is 11.6 Å². The number of thioether (sulfide) groups is 1. The lowest BCUT2D eigenvalue weighted by Gasteiger charge is -2.25. The molecule has 0 saturated heterocycles. The third kappa shape index (κ3) is 7.91. The van der Waals surface area contributed by atoms with Crippen molar-refractivity contribution in [2.75, 3.05) is 23.1 Å². The van der Waals surface area contributed by atoms with Gasteiger partial charge in [0.2, 0.25) is 5.91 Å². The van der Waals surface area contributed by atoms with Gasteiger partial charge in [-0.05, 0) is 60.2 Å². The van der Waals surface area contributed by atoms with Crippen LogP contribution in [-0.4, -0.2) is 33.2 Å². The number of carbonyl (C=O) groups is 1. The van der Waals surface area contributed by atoms with Crippen LogP contribution >= 0.6 is 23.4 Å². The molecular formula is C25H24ClF3N2O3S2. The molecule has 0 aliphatic carbocycles. The molecule has 0 aliphatic heterocycles. The second kappa shape index (κ2) is 12.5.